The van der Waals surface area contributed by atoms with Crippen molar-refractivity contribution in [1.29, 1.82) is 0 Å². The third-order valence-corrected chi connectivity index (χ3v) is 1.03. The predicted molar refractivity (Wildman–Crippen MR) is 24.4 cm³/mol. The first-order valence-corrected chi connectivity index (χ1v) is 3.68. The second-order valence-corrected chi connectivity index (χ2v) is 2.13. The molecule has 0 bridgehead atoms. The highest BCUT2D eigenvalue weighted by molar-refractivity contribution is 6.41. The van der Waals surface area contributed by atoms with Gasteiger partial charge >= 0.3 is 9.37 Å². The second-order valence-electron chi connectivity index (χ2n) is 0.903. The summed E-state index contributed by atoms with van der Waals surface area (Å²) in [6.45, 7) is 3.75. The lowest BCUT2D eigenvalue weighted by Gasteiger charge is -1.92. The van der Waals surface area contributed by atoms with Crippen molar-refractivity contribution in [1.82, 2.24) is 0 Å². The summed E-state index contributed by atoms with van der Waals surface area (Å²) in [6.07, 6.45) is 0. The minimum Gasteiger partial charge on any atom is -0.391 e. The van der Waals surface area contributed by atoms with Crippen molar-refractivity contribution in [3.8, 4) is 0 Å². The Hall–Kier alpha value is 0.107. The standard InChI is InChI=1S/C3H8FOSi/c1-3-5-6(2)4/h3H2,1-2H3. The molecule has 0 amide bonds. The SMILES string of the molecule is CCO[Si](C)F. The van der Waals surface area contributed by atoms with Crippen LogP contribution in [-0.2, 0) is 4.43 Å². The fourth-order valence-electron chi connectivity index (χ4n) is 0.199. The van der Waals surface area contributed by atoms with Crippen molar-refractivity contribution in [2.45, 2.75) is 13.5 Å². The molecule has 0 aliphatic rings. The molecule has 37 valence electrons. The van der Waals surface area contributed by atoms with Crippen LogP contribution < -0.4 is 0 Å². The predicted octanol–water partition coefficient (Wildman–Crippen LogP) is 1.11. The van der Waals surface area contributed by atoms with Crippen LogP contribution in [0, 0.1) is 0 Å². The Morgan fingerprint density at radius 2 is 2.33 bits per heavy atom. The lowest BCUT2D eigenvalue weighted by atomic mass is 10.9. The van der Waals surface area contributed by atoms with Gasteiger partial charge in [-0.25, -0.2) is 0 Å². The molecule has 0 saturated carbocycles. The van der Waals surface area contributed by atoms with E-state index in [0.29, 0.717) is 6.61 Å². The van der Waals surface area contributed by atoms with Gasteiger partial charge in [-0.2, -0.15) is 0 Å². The van der Waals surface area contributed by atoms with E-state index < -0.39 is 9.37 Å². The molecule has 0 aromatic rings. The fraction of sp³-hybridized carbons (Fsp3) is 1.00. The molecule has 3 heteroatoms. The highest BCUT2D eigenvalue weighted by Crippen LogP contribution is 1.82. The Balaban J connectivity index is 2.63. The average Bonchev–Trinajstić information content (AvgIpc) is 1.35. The summed E-state index contributed by atoms with van der Waals surface area (Å²) in [4.78, 5) is 0. The molecular formula is C3H8FOSi. The van der Waals surface area contributed by atoms with Crippen LogP contribution in [0.15, 0.2) is 0 Å². The van der Waals surface area contributed by atoms with Gasteiger partial charge in [0, 0.05) is 6.61 Å². The number of rotatable bonds is 2. The van der Waals surface area contributed by atoms with Gasteiger partial charge in [0.05, 0.1) is 0 Å². The zero-order valence-electron chi connectivity index (χ0n) is 3.99. The van der Waals surface area contributed by atoms with Crippen LogP contribution in [0.4, 0.5) is 4.11 Å². The maximum absolute atomic E-state index is 11.6. The second kappa shape index (κ2) is 3.30. The van der Waals surface area contributed by atoms with E-state index in [9.17, 15) is 4.11 Å². The molecular weight excluding hydrogens is 99.1 g/mol. The molecule has 0 fully saturated rings. The molecule has 0 spiro atoms. The Morgan fingerprint density at radius 3 is 2.33 bits per heavy atom. The average molecular weight is 107 g/mol. The van der Waals surface area contributed by atoms with Gasteiger partial charge in [-0.05, 0) is 13.5 Å². The van der Waals surface area contributed by atoms with Crippen LogP contribution in [0.1, 0.15) is 6.92 Å². The first-order valence-electron chi connectivity index (χ1n) is 1.89. The van der Waals surface area contributed by atoms with Crippen LogP contribution in [0.3, 0.4) is 0 Å². The zero-order valence-corrected chi connectivity index (χ0v) is 4.99. The Kier molecular flexibility index (Phi) is 3.36. The van der Waals surface area contributed by atoms with E-state index in [4.69, 9.17) is 0 Å². The van der Waals surface area contributed by atoms with E-state index in [0.717, 1.165) is 0 Å². The van der Waals surface area contributed by atoms with E-state index in [1.54, 1.807) is 6.92 Å². The monoisotopic (exact) mass is 107 g/mol. The van der Waals surface area contributed by atoms with Gasteiger partial charge in [-0.1, -0.05) is 0 Å². The van der Waals surface area contributed by atoms with E-state index in [-0.39, 0.29) is 0 Å². The molecule has 6 heavy (non-hydrogen) atoms. The first kappa shape index (κ1) is 6.11. The number of halogens is 1. The van der Waals surface area contributed by atoms with Crippen LogP contribution in [0.2, 0.25) is 6.55 Å². The molecule has 0 aromatic carbocycles. The Labute approximate surface area is 39.0 Å². The van der Waals surface area contributed by atoms with E-state index in [2.05, 4.69) is 4.43 Å². The van der Waals surface area contributed by atoms with Crippen molar-refractivity contribution in [3.05, 3.63) is 0 Å². The van der Waals surface area contributed by atoms with Crippen molar-refractivity contribution in [2.24, 2.45) is 0 Å². The third-order valence-electron chi connectivity index (χ3n) is 0.343. The molecule has 1 radical (unpaired) electrons. The summed E-state index contributed by atoms with van der Waals surface area (Å²) in [5, 5.41) is 0. The molecule has 0 aliphatic heterocycles. The van der Waals surface area contributed by atoms with Gasteiger partial charge in [0.2, 0.25) is 0 Å². The van der Waals surface area contributed by atoms with E-state index in [1.165, 1.54) is 6.55 Å². The van der Waals surface area contributed by atoms with Gasteiger partial charge in [-0.3, -0.25) is 4.11 Å². The minimum absolute atomic E-state index is 0.501. The highest BCUT2D eigenvalue weighted by Gasteiger charge is 1.98. The van der Waals surface area contributed by atoms with Gasteiger partial charge in [0.25, 0.3) is 0 Å². The quantitative estimate of drug-likeness (QED) is 0.379. The summed E-state index contributed by atoms with van der Waals surface area (Å²) in [6, 6.07) is 0. The van der Waals surface area contributed by atoms with Crippen molar-refractivity contribution in [3.63, 3.8) is 0 Å². The molecule has 0 N–H and O–H groups in total. The lowest BCUT2D eigenvalue weighted by Crippen LogP contribution is -2.04. The molecule has 0 saturated heterocycles. The van der Waals surface area contributed by atoms with Gasteiger partial charge in [0.1, 0.15) is 0 Å². The van der Waals surface area contributed by atoms with Crippen LogP contribution in [0.5, 0.6) is 0 Å². The lowest BCUT2D eigenvalue weighted by molar-refractivity contribution is 0.315. The van der Waals surface area contributed by atoms with Gasteiger partial charge < -0.3 is 4.43 Å². The number of hydrogen-bond donors (Lipinski definition) is 0. The molecule has 0 unspecified atom stereocenters. The Bertz CT molecular complexity index is 32.0. The normalized spacial score (nSPS) is 10.0. The minimum atomic E-state index is -1.89. The molecule has 1 nitrogen and oxygen atoms in total. The summed E-state index contributed by atoms with van der Waals surface area (Å²) in [5.41, 5.74) is 0. The summed E-state index contributed by atoms with van der Waals surface area (Å²) < 4.78 is 16.1. The van der Waals surface area contributed by atoms with Crippen LogP contribution in [0.25, 0.3) is 0 Å². The third kappa shape index (κ3) is 4.11. The Morgan fingerprint density at radius 1 is 1.83 bits per heavy atom. The highest BCUT2D eigenvalue weighted by atomic mass is 28.3. The molecule has 0 atom stereocenters. The van der Waals surface area contributed by atoms with E-state index >= 15 is 0 Å². The number of hydrogen-bond acceptors (Lipinski definition) is 1. The maximum atomic E-state index is 11.6. The van der Waals surface area contributed by atoms with Crippen molar-refractivity contribution >= 4 is 9.37 Å². The summed E-state index contributed by atoms with van der Waals surface area (Å²) in [5.74, 6) is 0. The smallest absolute Gasteiger partial charge is 0.391 e. The van der Waals surface area contributed by atoms with Crippen LogP contribution in [-0.4, -0.2) is 16.0 Å². The largest absolute Gasteiger partial charge is 0.429 e. The molecule has 0 rings (SSSR count). The maximum Gasteiger partial charge on any atom is 0.429 e. The first-order chi connectivity index (χ1) is 2.77. The molecule has 0 aliphatic carbocycles. The van der Waals surface area contributed by atoms with Crippen LogP contribution >= 0.6 is 0 Å². The van der Waals surface area contributed by atoms with Gasteiger partial charge in [-0.15, -0.1) is 0 Å². The fourth-order valence-corrected chi connectivity index (χ4v) is 0.597. The zero-order chi connectivity index (χ0) is 4.99. The summed E-state index contributed by atoms with van der Waals surface area (Å²) >= 11 is 0. The topological polar surface area (TPSA) is 9.23 Å². The van der Waals surface area contributed by atoms with Crippen molar-refractivity contribution in [2.75, 3.05) is 6.61 Å². The molecule has 0 aromatic heterocycles. The van der Waals surface area contributed by atoms with Crippen molar-refractivity contribution < 1.29 is 8.53 Å². The van der Waals surface area contributed by atoms with Gasteiger partial charge in [0.15, 0.2) is 0 Å². The summed E-state index contributed by atoms with van der Waals surface area (Å²) in [7, 11) is -1.89. The van der Waals surface area contributed by atoms with E-state index in [1.807, 2.05) is 0 Å². The molecule has 0 heterocycles.